The van der Waals surface area contributed by atoms with Gasteiger partial charge >= 0.3 is 5.97 Å². The summed E-state index contributed by atoms with van der Waals surface area (Å²) in [5, 5.41) is 4.39. The number of amides is 1. The number of fused-ring (bicyclic) bond motifs is 6. The van der Waals surface area contributed by atoms with Crippen LogP contribution in [0.4, 0.5) is 8.78 Å². The summed E-state index contributed by atoms with van der Waals surface area (Å²) in [6.45, 7) is 8.38. The van der Waals surface area contributed by atoms with Crippen molar-refractivity contribution in [1.29, 1.82) is 0 Å². The predicted octanol–water partition coefficient (Wildman–Crippen LogP) is 5.83. The van der Waals surface area contributed by atoms with Crippen molar-refractivity contribution in [2.75, 3.05) is 26.9 Å². The van der Waals surface area contributed by atoms with Gasteiger partial charge in [-0.1, -0.05) is 19.9 Å². The van der Waals surface area contributed by atoms with Crippen LogP contribution in [0.25, 0.3) is 33.4 Å². The van der Waals surface area contributed by atoms with E-state index in [9.17, 15) is 18.4 Å². The summed E-state index contributed by atoms with van der Waals surface area (Å²) in [6.07, 6.45) is -0.971. The topological polar surface area (TPSA) is 134 Å². The number of nitrogens with two attached hydrogens (primary N) is 1. The summed E-state index contributed by atoms with van der Waals surface area (Å²) < 4.78 is 46.3. The molecule has 6 bridgehead atoms. The van der Waals surface area contributed by atoms with E-state index in [4.69, 9.17) is 29.9 Å². The van der Waals surface area contributed by atoms with Crippen molar-refractivity contribution in [2.45, 2.75) is 84.2 Å². The monoisotopic (exact) mass is 710 g/mol. The number of nitrogens with zero attached hydrogens (tertiary/aromatic N) is 4. The predicted molar refractivity (Wildman–Crippen MR) is 186 cm³/mol. The van der Waals surface area contributed by atoms with Gasteiger partial charge in [0, 0.05) is 59.2 Å². The van der Waals surface area contributed by atoms with Gasteiger partial charge in [-0.05, 0) is 62.9 Å². The maximum absolute atomic E-state index is 13.6. The number of thiazole rings is 1. The van der Waals surface area contributed by atoms with Crippen LogP contribution in [0.5, 0.6) is 0 Å². The molecule has 0 saturated carbocycles. The number of methoxy groups -OCH3 is 1. The molecule has 0 aliphatic carbocycles. The van der Waals surface area contributed by atoms with E-state index >= 15 is 0 Å². The zero-order valence-electron chi connectivity index (χ0n) is 28.9. The van der Waals surface area contributed by atoms with E-state index in [1.54, 1.807) is 13.3 Å². The van der Waals surface area contributed by atoms with Gasteiger partial charge in [-0.2, -0.15) is 0 Å². The lowest BCUT2D eigenvalue weighted by atomic mass is 9.84. The normalized spacial score (nSPS) is 22.1. The zero-order valence-corrected chi connectivity index (χ0v) is 29.8. The maximum atomic E-state index is 13.6. The molecule has 1 saturated heterocycles. The molecule has 1 aromatic carbocycles. The number of rotatable bonds is 7. The van der Waals surface area contributed by atoms with Gasteiger partial charge in [0.1, 0.15) is 29.8 Å². The summed E-state index contributed by atoms with van der Waals surface area (Å²) in [4.78, 5) is 36.6. The largest absolute Gasteiger partial charge is 0.464 e. The number of carbonyl (C=O) groups is 2. The first-order valence-electron chi connectivity index (χ1n) is 16.9. The summed E-state index contributed by atoms with van der Waals surface area (Å²) in [6, 6.07) is 7.96. The third kappa shape index (κ3) is 7.17. The third-order valence-corrected chi connectivity index (χ3v) is 10.3. The molecule has 0 spiro atoms. The lowest BCUT2D eigenvalue weighted by Gasteiger charge is -2.36. The molecule has 1 amide bonds. The fourth-order valence-corrected chi connectivity index (χ4v) is 7.75. The van der Waals surface area contributed by atoms with Crippen molar-refractivity contribution >= 4 is 34.1 Å². The number of halogens is 2. The van der Waals surface area contributed by atoms with Gasteiger partial charge < -0.3 is 24.5 Å². The molecule has 0 unspecified atom stereocenters. The van der Waals surface area contributed by atoms with Crippen LogP contribution in [0.3, 0.4) is 0 Å². The Morgan fingerprint density at radius 1 is 1.24 bits per heavy atom. The van der Waals surface area contributed by atoms with E-state index < -0.39 is 48.5 Å². The van der Waals surface area contributed by atoms with E-state index in [-0.39, 0.29) is 19.3 Å². The lowest BCUT2D eigenvalue weighted by molar-refractivity contribution is -0.156. The Balaban J connectivity index is 1.54. The number of hydrogen-bond acceptors (Lipinski definition) is 10. The average molecular weight is 711 g/mol. The first-order chi connectivity index (χ1) is 23.9. The number of pyridine rings is 1. The van der Waals surface area contributed by atoms with E-state index in [2.05, 4.69) is 49.0 Å². The Bertz CT molecular complexity index is 1860. The Morgan fingerprint density at radius 2 is 2.04 bits per heavy atom. The van der Waals surface area contributed by atoms with E-state index in [0.29, 0.717) is 36.5 Å². The molecule has 268 valence electrons. The van der Waals surface area contributed by atoms with Crippen molar-refractivity contribution in [3.63, 3.8) is 0 Å². The summed E-state index contributed by atoms with van der Waals surface area (Å²) >= 11 is 1.20. The molecule has 50 heavy (non-hydrogen) atoms. The van der Waals surface area contributed by atoms with Crippen LogP contribution in [0.15, 0.2) is 41.9 Å². The first kappa shape index (κ1) is 36.0. The zero-order chi connectivity index (χ0) is 35.7. The van der Waals surface area contributed by atoms with E-state index in [1.165, 1.54) is 16.3 Å². The fourth-order valence-electron chi connectivity index (χ4n) is 6.83. The number of hydrazine groups is 1. The number of nitrogens with one attached hydrogen (secondary N) is 1. The number of aromatic nitrogens is 3. The molecular formula is C36H44F2N6O5S. The van der Waals surface area contributed by atoms with Crippen LogP contribution >= 0.6 is 11.3 Å². The minimum absolute atomic E-state index is 0.128. The molecule has 2 aliphatic heterocycles. The molecule has 4 aromatic rings. The van der Waals surface area contributed by atoms with Gasteiger partial charge in [-0.3, -0.25) is 19.6 Å². The maximum Gasteiger partial charge on any atom is 0.324 e. The van der Waals surface area contributed by atoms with Crippen LogP contribution in [0.1, 0.15) is 69.0 Å². The fraction of sp³-hybridized carbons (Fsp3) is 0.500. The Hall–Kier alpha value is -3.82. The molecule has 5 heterocycles. The first-order valence-corrected chi connectivity index (χ1v) is 17.8. The van der Waals surface area contributed by atoms with E-state index in [0.717, 1.165) is 39.0 Å². The van der Waals surface area contributed by atoms with Crippen LogP contribution < -0.4 is 11.2 Å². The van der Waals surface area contributed by atoms with Crippen LogP contribution in [-0.4, -0.2) is 76.8 Å². The van der Waals surface area contributed by atoms with Crippen molar-refractivity contribution in [3.8, 4) is 22.5 Å². The molecule has 1 fully saturated rings. The van der Waals surface area contributed by atoms with Gasteiger partial charge in [0.15, 0.2) is 0 Å². The quantitative estimate of drug-likeness (QED) is 0.228. The second-order valence-corrected chi connectivity index (χ2v) is 14.5. The van der Waals surface area contributed by atoms with Crippen molar-refractivity contribution in [3.05, 3.63) is 58.2 Å². The van der Waals surface area contributed by atoms with Crippen molar-refractivity contribution < 1.29 is 32.6 Å². The smallest absolute Gasteiger partial charge is 0.324 e. The lowest BCUT2D eigenvalue weighted by Crippen LogP contribution is -2.60. The summed E-state index contributed by atoms with van der Waals surface area (Å²) in [5.41, 5.74) is 15.2. The molecule has 11 nitrogen and oxygen atoms in total. The van der Waals surface area contributed by atoms with Gasteiger partial charge in [0.05, 0.1) is 29.8 Å². The third-order valence-electron chi connectivity index (χ3n) is 9.39. The number of cyclic esters (lactones) is 1. The molecule has 2 aliphatic rings. The Morgan fingerprint density at radius 3 is 2.78 bits per heavy atom. The Labute approximate surface area is 294 Å². The van der Waals surface area contributed by atoms with Gasteiger partial charge in [-0.25, -0.2) is 19.2 Å². The van der Waals surface area contributed by atoms with Gasteiger partial charge in [0.25, 0.3) is 12.3 Å². The highest BCUT2D eigenvalue weighted by molar-refractivity contribution is 7.10. The van der Waals surface area contributed by atoms with Crippen molar-refractivity contribution in [2.24, 2.45) is 11.1 Å². The SMILES string of the molecule is CCn1c(-c2cccnc2[C@H](C)OC)c2c3cc(ccc31)-c1csc(n1)[C@@H](OCC(F)F)[C@H](N)C(=O)N1CCC[C@H](N1)C(=O)OCC(C)(C)C2. The minimum atomic E-state index is -2.77. The molecule has 6 rings (SSSR count). The number of hydrogen-bond donors (Lipinski definition) is 2. The summed E-state index contributed by atoms with van der Waals surface area (Å²) in [5.74, 6) is -1.07. The van der Waals surface area contributed by atoms with Gasteiger partial charge in [0.2, 0.25) is 0 Å². The molecule has 0 radical (unpaired) electrons. The van der Waals surface area contributed by atoms with Crippen molar-refractivity contribution in [1.82, 2.24) is 25.0 Å². The number of benzene rings is 1. The molecule has 3 aromatic heterocycles. The summed E-state index contributed by atoms with van der Waals surface area (Å²) in [7, 11) is 1.66. The number of carbonyl (C=O) groups excluding carboxylic acids is 2. The Kier molecular flexibility index (Phi) is 10.7. The van der Waals surface area contributed by atoms with Crippen LogP contribution in [-0.2, 0) is 36.8 Å². The molecule has 3 N–H and O–H groups in total. The highest BCUT2D eigenvalue weighted by Gasteiger charge is 2.38. The van der Waals surface area contributed by atoms with Crippen LogP contribution in [0.2, 0.25) is 0 Å². The number of aryl methyl sites for hydroxylation is 1. The molecular weight excluding hydrogens is 666 g/mol. The average Bonchev–Trinajstić information content (AvgIpc) is 3.72. The number of alkyl halides is 2. The van der Waals surface area contributed by atoms with Crippen LogP contribution in [0, 0.1) is 5.41 Å². The second kappa shape index (κ2) is 14.8. The number of esters is 1. The molecule has 4 atom stereocenters. The highest BCUT2D eigenvalue weighted by atomic mass is 32.1. The van der Waals surface area contributed by atoms with Gasteiger partial charge in [-0.15, -0.1) is 11.3 Å². The standard InChI is InChI=1S/C36H44F2N6O5S/c1-6-43-27-12-11-21-15-23(27)24(31(43)22-9-7-13-40-30(22)20(2)47-5)16-36(3,4)19-49-35(46)25-10-8-14-44(42-25)34(45)29(39)32(48-17-28(37)38)33-41-26(21)18-50-33/h7,9,11-13,15,18,20,25,28-29,32,42H,6,8,10,14,16-17,19,39H2,1-5H3/t20-,25-,29-,32-/m0/s1. The van der Waals surface area contributed by atoms with E-state index in [1.807, 2.05) is 24.4 Å². The highest BCUT2D eigenvalue weighted by Crippen LogP contribution is 2.42. The number of ether oxygens (including phenoxy) is 3. The molecule has 14 heteroatoms. The minimum Gasteiger partial charge on any atom is -0.464 e. The second-order valence-electron chi connectivity index (χ2n) is 13.6.